The van der Waals surface area contributed by atoms with E-state index in [0.717, 1.165) is 0 Å². The second-order valence-corrected chi connectivity index (χ2v) is 6.09. The molecule has 0 spiro atoms. The molecule has 0 unspecified atom stereocenters. The summed E-state index contributed by atoms with van der Waals surface area (Å²) >= 11 is 0. The molecule has 20 heavy (non-hydrogen) atoms. The van der Waals surface area contributed by atoms with E-state index >= 15 is 0 Å². The van der Waals surface area contributed by atoms with Crippen molar-refractivity contribution in [3.8, 4) is 5.75 Å². The molecule has 0 saturated carbocycles. The van der Waals surface area contributed by atoms with Gasteiger partial charge in [-0.3, -0.25) is 4.79 Å². The number of nitrogens with one attached hydrogen (secondary N) is 1. The number of rotatable bonds is 4. The third-order valence-corrected chi connectivity index (χ3v) is 4.39. The number of sulfonamides is 1. The van der Waals surface area contributed by atoms with Crippen molar-refractivity contribution in [1.82, 2.24) is 4.72 Å². The molecule has 1 aromatic rings. The number of anilines is 1. The molecule has 0 aromatic heterocycles. The lowest BCUT2D eigenvalue weighted by molar-refractivity contribution is -0.118. The van der Waals surface area contributed by atoms with Crippen LogP contribution in [0.1, 0.15) is 6.42 Å². The zero-order valence-corrected chi connectivity index (χ0v) is 11.9. The molecule has 0 saturated heterocycles. The van der Waals surface area contributed by atoms with Gasteiger partial charge in [-0.05, 0) is 18.2 Å². The van der Waals surface area contributed by atoms with Gasteiger partial charge >= 0.3 is 0 Å². The summed E-state index contributed by atoms with van der Waals surface area (Å²) in [6.45, 7) is 3.89. The fraction of sp³-hybridized carbons (Fsp3) is 0.308. The van der Waals surface area contributed by atoms with E-state index in [1.165, 1.54) is 23.1 Å². The molecule has 0 atom stereocenters. The van der Waals surface area contributed by atoms with Crippen molar-refractivity contribution in [2.75, 3.05) is 25.1 Å². The number of hydrogen-bond donors (Lipinski definition) is 1. The van der Waals surface area contributed by atoms with Crippen LogP contribution in [0.4, 0.5) is 5.69 Å². The summed E-state index contributed by atoms with van der Waals surface area (Å²) in [5.41, 5.74) is 0.453. The Morgan fingerprint density at radius 1 is 1.50 bits per heavy atom. The Morgan fingerprint density at radius 2 is 2.25 bits per heavy atom. The maximum Gasteiger partial charge on any atom is 0.240 e. The molecule has 7 heteroatoms. The van der Waals surface area contributed by atoms with Gasteiger partial charge in [0, 0.05) is 13.6 Å². The highest BCUT2D eigenvalue weighted by Gasteiger charge is 2.23. The van der Waals surface area contributed by atoms with Crippen LogP contribution in [0.5, 0.6) is 5.75 Å². The highest BCUT2D eigenvalue weighted by atomic mass is 32.2. The highest BCUT2D eigenvalue weighted by molar-refractivity contribution is 7.89. The third-order valence-electron chi connectivity index (χ3n) is 2.97. The van der Waals surface area contributed by atoms with Gasteiger partial charge in [0.25, 0.3) is 0 Å². The molecule has 0 fully saturated rings. The monoisotopic (exact) mass is 296 g/mol. The van der Waals surface area contributed by atoms with Crippen molar-refractivity contribution < 1.29 is 17.9 Å². The van der Waals surface area contributed by atoms with E-state index in [0.29, 0.717) is 11.4 Å². The topological polar surface area (TPSA) is 75.7 Å². The molecule has 0 radical (unpaired) electrons. The molecular formula is C13H16N2O4S. The van der Waals surface area contributed by atoms with Crippen LogP contribution in [0, 0.1) is 0 Å². The van der Waals surface area contributed by atoms with Crippen molar-refractivity contribution in [1.29, 1.82) is 0 Å². The quantitative estimate of drug-likeness (QED) is 0.838. The molecule has 1 aliphatic heterocycles. The zero-order valence-electron chi connectivity index (χ0n) is 11.1. The summed E-state index contributed by atoms with van der Waals surface area (Å²) in [5.74, 6) is 0.387. The molecule has 0 aliphatic carbocycles. The van der Waals surface area contributed by atoms with Gasteiger partial charge in [-0.25, -0.2) is 13.1 Å². The third kappa shape index (κ3) is 2.83. The summed E-state index contributed by atoms with van der Waals surface area (Å²) in [5, 5.41) is 0. The van der Waals surface area contributed by atoms with E-state index in [1.54, 1.807) is 13.1 Å². The second kappa shape index (κ2) is 5.64. The van der Waals surface area contributed by atoms with Crippen LogP contribution >= 0.6 is 0 Å². The minimum Gasteiger partial charge on any atom is -0.491 e. The lowest BCUT2D eigenvalue weighted by Gasteiger charge is -2.17. The summed E-state index contributed by atoms with van der Waals surface area (Å²) in [4.78, 5) is 13.3. The number of amides is 1. The molecule has 1 N–H and O–H groups in total. The van der Waals surface area contributed by atoms with E-state index < -0.39 is 10.0 Å². The molecule has 0 bridgehead atoms. The SMILES string of the molecule is C=CCNS(=O)(=O)c1ccc2c(c1)N(C)C(=O)CCO2. The fourth-order valence-electron chi connectivity index (χ4n) is 1.85. The van der Waals surface area contributed by atoms with Crippen LogP contribution in [0.3, 0.4) is 0 Å². The van der Waals surface area contributed by atoms with Crippen molar-refractivity contribution in [2.45, 2.75) is 11.3 Å². The summed E-state index contributed by atoms with van der Waals surface area (Å²) < 4.78 is 31.9. The Hall–Kier alpha value is -1.86. The van der Waals surface area contributed by atoms with Gasteiger partial charge in [0.2, 0.25) is 15.9 Å². The van der Waals surface area contributed by atoms with Gasteiger partial charge in [0.1, 0.15) is 5.75 Å². The van der Waals surface area contributed by atoms with E-state index in [1.807, 2.05) is 0 Å². The van der Waals surface area contributed by atoms with Crippen LogP contribution in [-0.4, -0.2) is 34.5 Å². The molecule has 6 nitrogen and oxygen atoms in total. The summed E-state index contributed by atoms with van der Waals surface area (Å²) in [6.07, 6.45) is 1.72. The van der Waals surface area contributed by atoms with Crippen LogP contribution in [-0.2, 0) is 14.8 Å². The number of carbonyl (C=O) groups excluding carboxylic acids is 1. The zero-order chi connectivity index (χ0) is 14.8. The summed E-state index contributed by atoms with van der Waals surface area (Å²) in [7, 11) is -2.02. The molecule has 108 valence electrons. The van der Waals surface area contributed by atoms with Gasteiger partial charge < -0.3 is 9.64 Å². The number of carbonyl (C=O) groups is 1. The standard InChI is InChI=1S/C13H16N2O4S/c1-3-7-14-20(17,18)10-4-5-12-11(9-10)15(2)13(16)6-8-19-12/h3-5,9,14H,1,6-8H2,2H3. The first-order chi connectivity index (χ1) is 9.45. The van der Waals surface area contributed by atoms with Crippen molar-refractivity contribution in [3.63, 3.8) is 0 Å². The average Bonchev–Trinajstić information content (AvgIpc) is 2.57. The van der Waals surface area contributed by atoms with E-state index in [9.17, 15) is 13.2 Å². The average molecular weight is 296 g/mol. The highest BCUT2D eigenvalue weighted by Crippen LogP contribution is 2.32. The maximum absolute atomic E-state index is 12.0. The smallest absolute Gasteiger partial charge is 0.240 e. The lowest BCUT2D eigenvalue weighted by atomic mass is 10.2. The fourth-order valence-corrected chi connectivity index (χ4v) is 2.87. The molecule has 1 aromatic carbocycles. The first-order valence-corrected chi connectivity index (χ1v) is 7.58. The van der Waals surface area contributed by atoms with Crippen LogP contribution in [0.25, 0.3) is 0 Å². The maximum atomic E-state index is 12.0. The predicted molar refractivity (Wildman–Crippen MR) is 75.3 cm³/mol. The van der Waals surface area contributed by atoms with Gasteiger partial charge in [-0.2, -0.15) is 0 Å². The van der Waals surface area contributed by atoms with E-state index in [4.69, 9.17) is 4.74 Å². The molecule has 1 aliphatic rings. The Morgan fingerprint density at radius 3 is 2.95 bits per heavy atom. The first-order valence-electron chi connectivity index (χ1n) is 6.09. The summed E-state index contributed by atoms with van der Waals surface area (Å²) in [6, 6.07) is 4.45. The Bertz CT molecular complexity index is 640. The minimum atomic E-state index is -3.62. The Kier molecular flexibility index (Phi) is 4.10. The number of nitrogens with zero attached hydrogens (tertiary/aromatic N) is 1. The second-order valence-electron chi connectivity index (χ2n) is 4.32. The number of hydrogen-bond acceptors (Lipinski definition) is 4. The molecule has 2 rings (SSSR count). The molecule has 1 heterocycles. The van der Waals surface area contributed by atoms with E-state index in [2.05, 4.69) is 11.3 Å². The van der Waals surface area contributed by atoms with Crippen LogP contribution in [0.15, 0.2) is 35.7 Å². The van der Waals surface area contributed by atoms with Gasteiger partial charge in [-0.1, -0.05) is 6.08 Å². The molecular weight excluding hydrogens is 280 g/mol. The number of fused-ring (bicyclic) bond motifs is 1. The van der Waals surface area contributed by atoms with Crippen molar-refractivity contribution >= 4 is 21.6 Å². The number of ether oxygens (including phenoxy) is 1. The van der Waals surface area contributed by atoms with Gasteiger partial charge in [0.15, 0.2) is 0 Å². The predicted octanol–water partition coefficient (Wildman–Crippen LogP) is 0.896. The first kappa shape index (κ1) is 14.5. The normalized spacial score (nSPS) is 15.2. The van der Waals surface area contributed by atoms with Crippen molar-refractivity contribution in [3.05, 3.63) is 30.9 Å². The molecule has 1 amide bonds. The van der Waals surface area contributed by atoms with E-state index in [-0.39, 0.29) is 30.4 Å². The lowest BCUT2D eigenvalue weighted by Crippen LogP contribution is -2.26. The minimum absolute atomic E-state index is 0.0863. The Balaban J connectivity index is 2.42. The Labute approximate surface area is 118 Å². The van der Waals surface area contributed by atoms with Crippen LogP contribution < -0.4 is 14.4 Å². The number of benzene rings is 1. The van der Waals surface area contributed by atoms with Gasteiger partial charge in [0.05, 0.1) is 23.6 Å². The van der Waals surface area contributed by atoms with Crippen molar-refractivity contribution in [2.24, 2.45) is 0 Å². The largest absolute Gasteiger partial charge is 0.491 e. The van der Waals surface area contributed by atoms with Gasteiger partial charge in [-0.15, -0.1) is 6.58 Å². The van der Waals surface area contributed by atoms with Crippen LogP contribution in [0.2, 0.25) is 0 Å².